The van der Waals surface area contributed by atoms with Crippen molar-refractivity contribution in [3.05, 3.63) is 0 Å². The summed E-state index contributed by atoms with van der Waals surface area (Å²) in [5, 5.41) is 9.70. The number of hydrogen-bond donors (Lipinski definition) is 1. The smallest absolute Gasteiger partial charge is 0.329 e. The van der Waals surface area contributed by atoms with Gasteiger partial charge in [0.1, 0.15) is 5.54 Å². The lowest BCUT2D eigenvalue weighted by molar-refractivity contribution is -0.149. The summed E-state index contributed by atoms with van der Waals surface area (Å²) in [7, 11) is 0. The SMILES string of the molecule is CCCC1(C(=O)O)CCCN1C(=O)N1CCCC(CC)C1. The van der Waals surface area contributed by atoms with Crippen molar-refractivity contribution in [2.24, 2.45) is 5.92 Å². The van der Waals surface area contributed by atoms with Crippen LogP contribution in [0.2, 0.25) is 0 Å². The van der Waals surface area contributed by atoms with Crippen LogP contribution in [0.4, 0.5) is 4.79 Å². The van der Waals surface area contributed by atoms with E-state index in [0.717, 1.165) is 38.8 Å². The van der Waals surface area contributed by atoms with Gasteiger partial charge in [0, 0.05) is 19.6 Å². The number of carboxylic acid groups (broad SMARTS) is 1. The van der Waals surface area contributed by atoms with Gasteiger partial charge in [-0.15, -0.1) is 0 Å². The molecule has 5 nitrogen and oxygen atoms in total. The fourth-order valence-electron chi connectivity index (χ4n) is 3.90. The maximum absolute atomic E-state index is 12.8. The van der Waals surface area contributed by atoms with Gasteiger partial charge in [0.05, 0.1) is 0 Å². The van der Waals surface area contributed by atoms with Gasteiger partial charge in [0.2, 0.25) is 0 Å². The predicted octanol–water partition coefficient (Wildman–Crippen LogP) is 2.95. The number of nitrogens with zero attached hydrogens (tertiary/aromatic N) is 2. The summed E-state index contributed by atoms with van der Waals surface area (Å²) in [6.07, 6.45) is 6.02. The largest absolute Gasteiger partial charge is 0.479 e. The number of rotatable bonds is 4. The molecular weight excluding hydrogens is 268 g/mol. The lowest BCUT2D eigenvalue weighted by atomic mass is 9.90. The van der Waals surface area contributed by atoms with Crippen LogP contribution in [-0.2, 0) is 4.79 Å². The molecule has 0 aromatic rings. The Balaban J connectivity index is 2.14. The van der Waals surface area contributed by atoms with Crippen LogP contribution in [0.15, 0.2) is 0 Å². The average Bonchev–Trinajstić information content (AvgIpc) is 2.92. The number of likely N-dealkylation sites (tertiary alicyclic amines) is 2. The molecule has 2 rings (SSSR count). The van der Waals surface area contributed by atoms with Crippen LogP contribution < -0.4 is 0 Å². The third kappa shape index (κ3) is 3.01. The van der Waals surface area contributed by atoms with E-state index in [9.17, 15) is 14.7 Å². The molecule has 2 saturated heterocycles. The van der Waals surface area contributed by atoms with Crippen molar-refractivity contribution in [1.29, 1.82) is 0 Å². The van der Waals surface area contributed by atoms with Gasteiger partial charge in [0.25, 0.3) is 0 Å². The minimum absolute atomic E-state index is 0.0542. The molecule has 2 heterocycles. The van der Waals surface area contributed by atoms with Gasteiger partial charge >= 0.3 is 12.0 Å². The van der Waals surface area contributed by atoms with Gasteiger partial charge in [0.15, 0.2) is 0 Å². The molecule has 0 saturated carbocycles. The number of aliphatic carboxylic acids is 1. The summed E-state index contributed by atoms with van der Waals surface area (Å²) in [6.45, 7) is 6.28. The first-order valence-electron chi connectivity index (χ1n) is 8.35. The fourth-order valence-corrected chi connectivity index (χ4v) is 3.90. The van der Waals surface area contributed by atoms with E-state index in [-0.39, 0.29) is 6.03 Å². The van der Waals surface area contributed by atoms with Crippen LogP contribution in [0, 0.1) is 5.92 Å². The Morgan fingerprint density at radius 3 is 2.62 bits per heavy atom. The first kappa shape index (κ1) is 16.1. The zero-order valence-electron chi connectivity index (χ0n) is 13.3. The van der Waals surface area contributed by atoms with E-state index < -0.39 is 11.5 Å². The molecule has 0 radical (unpaired) electrons. The zero-order valence-corrected chi connectivity index (χ0v) is 13.3. The Hall–Kier alpha value is -1.26. The minimum atomic E-state index is -0.967. The number of urea groups is 1. The van der Waals surface area contributed by atoms with Crippen molar-refractivity contribution in [1.82, 2.24) is 9.80 Å². The molecule has 2 aliphatic rings. The number of piperidine rings is 1. The molecule has 2 aliphatic heterocycles. The topological polar surface area (TPSA) is 60.9 Å². The number of amides is 2. The van der Waals surface area contributed by atoms with Crippen LogP contribution in [0.1, 0.15) is 58.8 Å². The third-order valence-electron chi connectivity index (χ3n) is 5.15. The second kappa shape index (κ2) is 6.67. The highest BCUT2D eigenvalue weighted by Gasteiger charge is 2.50. The lowest BCUT2D eigenvalue weighted by Crippen LogP contribution is -2.58. The standard InChI is InChI=1S/C16H28N2O3/c1-3-8-16(14(19)20)9-6-11-18(16)15(21)17-10-5-7-13(4-2)12-17/h13H,3-12H2,1-2H3,(H,19,20). The second-order valence-corrected chi connectivity index (χ2v) is 6.49. The van der Waals surface area contributed by atoms with E-state index in [1.54, 1.807) is 4.90 Å². The van der Waals surface area contributed by atoms with Gasteiger partial charge in [-0.25, -0.2) is 9.59 Å². The molecule has 0 aliphatic carbocycles. The van der Waals surface area contributed by atoms with E-state index in [2.05, 4.69) is 6.92 Å². The highest BCUT2D eigenvalue weighted by molar-refractivity contribution is 5.87. The molecule has 21 heavy (non-hydrogen) atoms. The fraction of sp³-hybridized carbons (Fsp3) is 0.875. The van der Waals surface area contributed by atoms with Gasteiger partial charge in [-0.3, -0.25) is 0 Å². The van der Waals surface area contributed by atoms with Crippen molar-refractivity contribution >= 4 is 12.0 Å². The molecule has 0 spiro atoms. The highest BCUT2D eigenvalue weighted by atomic mass is 16.4. The number of hydrogen-bond acceptors (Lipinski definition) is 2. The predicted molar refractivity (Wildman–Crippen MR) is 81.2 cm³/mol. The summed E-state index contributed by atoms with van der Waals surface area (Å²) in [4.78, 5) is 28.2. The van der Waals surface area contributed by atoms with Crippen LogP contribution in [0.5, 0.6) is 0 Å². The number of carbonyl (C=O) groups excluding carboxylic acids is 1. The minimum Gasteiger partial charge on any atom is -0.479 e. The van der Waals surface area contributed by atoms with E-state index in [1.165, 1.54) is 6.42 Å². The Morgan fingerprint density at radius 1 is 1.24 bits per heavy atom. The molecule has 120 valence electrons. The summed E-state index contributed by atoms with van der Waals surface area (Å²) in [6, 6.07) is -0.0542. The van der Waals surface area contributed by atoms with Crippen molar-refractivity contribution in [3.63, 3.8) is 0 Å². The molecule has 1 N–H and O–H groups in total. The molecular formula is C16H28N2O3. The molecule has 2 atom stereocenters. The van der Waals surface area contributed by atoms with Gasteiger partial charge in [-0.2, -0.15) is 0 Å². The monoisotopic (exact) mass is 296 g/mol. The molecule has 2 amide bonds. The molecule has 0 aromatic carbocycles. The first-order valence-corrected chi connectivity index (χ1v) is 8.35. The second-order valence-electron chi connectivity index (χ2n) is 6.49. The summed E-state index contributed by atoms with van der Waals surface area (Å²) >= 11 is 0. The Morgan fingerprint density at radius 2 is 2.00 bits per heavy atom. The van der Waals surface area contributed by atoms with Crippen LogP contribution >= 0.6 is 0 Å². The third-order valence-corrected chi connectivity index (χ3v) is 5.15. The zero-order chi connectivity index (χ0) is 15.5. The summed E-state index contributed by atoms with van der Waals surface area (Å²) in [5.74, 6) is -0.269. The quantitative estimate of drug-likeness (QED) is 0.867. The summed E-state index contributed by atoms with van der Waals surface area (Å²) in [5.41, 5.74) is -0.967. The Kier molecular flexibility index (Phi) is 5.12. The van der Waals surface area contributed by atoms with Crippen molar-refractivity contribution < 1.29 is 14.7 Å². The molecule has 0 aromatic heterocycles. The van der Waals surface area contributed by atoms with Crippen LogP contribution in [-0.4, -0.2) is 52.1 Å². The van der Waals surface area contributed by atoms with Gasteiger partial charge < -0.3 is 14.9 Å². The van der Waals surface area contributed by atoms with Crippen molar-refractivity contribution in [2.45, 2.75) is 64.3 Å². The molecule has 0 bridgehead atoms. The maximum Gasteiger partial charge on any atom is 0.329 e. The van der Waals surface area contributed by atoms with Crippen LogP contribution in [0.3, 0.4) is 0 Å². The maximum atomic E-state index is 12.8. The number of carboxylic acids is 1. The molecule has 5 heteroatoms. The molecule has 2 unspecified atom stereocenters. The molecule has 2 fully saturated rings. The normalized spacial score (nSPS) is 29.7. The number of carbonyl (C=O) groups is 2. The van der Waals surface area contributed by atoms with E-state index in [4.69, 9.17) is 0 Å². The highest BCUT2D eigenvalue weighted by Crippen LogP contribution is 2.35. The Labute approximate surface area is 127 Å². The van der Waals surface area contributed by atoms with Crippen molar-refractivity contribution in [3.8, 4) is 0 Å². The lowest BCUT2D eigenvalue weighted by Gasteiger charge is -2.40. The average molecular weight is 296 g/mol. The first-order chi connectivity index (χ1) is 10.0. The summed E-state index contributed by atoms with van der Waals surface area (Å²) < 4.78 is 0. The van der Waals surface area contributed by atoms with Crippen molar-refractivity contribution in [2.75, 3.05) is 19.6 Å². The van der Waals surface area contributed by atoms with Crippen LogP contribution in [0.25, 0.3) is 0 Å². The van der Waals surface area contributed by atoms with E-state index in [1.807, 2.05) is 11.8 Å². The van der Waals surface area contributed by atoms with Gasteiger partial charge in [-0.05, 0) is 38.0 Å². The van der Waals surface area contributed by atoms with E-state index >= 15 is 0 Å². The Bertz CT molecular complexity index is 399. The van der Waals surface area contributed by atoms with E-state index in [0.29, 0.717) is 25.3 Å². The van der Waals surface area contributed by atoms with Gasteiger partial charge in [-0.1, -0.05) is 26.7 Å².